The van der Waals surface area contributed by atoms with Crippen LogP contribution >= 0.6 is 0 Å². The molecule has 1 aliphatic heterocycles. The quantitative estimate of drug-likeness (QED) is 0.640. The van der Waals surface area contributed by atoms with Crippen molar-refractivity contribution in [1.29, 1.82) is 0 Å². The summed E-state index contributed by atoms with van der Waals surface area (Å²) in [5.41, 5.74) is 0.142. The van der Waals surface area contributed by atoms with Gasteiger partial charge in [-0.3, -0.25) is 4.79 Å². The van der Waals surface area contributed by atoms with Crippen molar-refractivity contribution < 1.29 is 4.79 Å². The van der Waals surface area contributed by atoms with Crippen LogP contribution in [0.2, 0.25) is 0 Å². The van der Waals surface area contributed by atoms with Crippen molar-refractivity contribution in [2.45, 2.75) is 67.9 Å². The Hall–Kier alpha value is -0.530. The van der Waals surface area contributed by atoms with E-state index in [9.17, 15) is 4.79 Å². The van der Waals surface area contributed by atoms with Crippen molar-refractivity contribution >= 4 is 5.91 Å². The molecule has 0 aromatic rings. The van der Waals surface area contributed by atoms with Crippen molar-refractivity contribution in [2.75, 3.05) is 6.54 Å². The summed E-state index contributed by atoms with van der Waals surface area (Å²) in [5, 5.41) is 0. The molecule has 0 N–H and O–H groups in total. The van der Waals surface area contributed by atoms with Gasteiger partial charge in [-0.15, -0.1) is 0 Å². The van der Waals surface area contributed by atoms with E-state index in [-0.39, 0.29) is 22.3 Å². The van der Waals surface area contributed by atoms with E-state index in [0.29, 0.717) is 11.8 Å². The molecule has 2 nitrogen and oxygen atoms in total. The minimum absolute atomic E-state index is 0.0367. The normalized spacial score (nSPS) is 26.9. The van der Waals surface area contributed by atoms with Crippen LogP contribution in [0.4, 0.5) is 0 Å². The molecule has 1 fully saturated rings. The molecular weight excluding hydrogens is 222 g/mol. The summed E-state index contributed by atoms with van der Waals surface area (Å²) in [6.45, 7) is 20.7. The first-order chi connectivity index (χ1) is 7.76. The zero-order valence-corrected chi connectivity index (χ0v) is 13.7. The molecule has 0 aromatic carbocycles. The third kappa shape index (κ3) is 2.89. The third-order valence-corrected chi connectivity index (χ3v) is 4.17. The third-order valence-electron chi connectivity index (χ3n) is 4.17. The largest absolute Gasteiger partial charge is 0.337 e. The van der Waals surface area contributed by atoms with Gasteiger partial charge in [-0.2, -0.15) is 0 Å². The summed E-state index contributed by atoms with van der Waals surface area (Å²) in [6, 6.07) is 0. The smallest absolute Gasteiger partial charge is 0.227 e. The van der Waals surface area contributed by atoms with E-state index in [1.54, 1.807) is 0 Å². The molecule has 2 unspecified atom stereocenters. The number of hydrogen-bond acceptors (Lipinski definition) is 1. The van der Waals surface area contributed by atoms with E-state index in [0.717, 1.165) is 6.54 Å². The first kappa shape index (κ1) is 15.5. The van der Waals surface area contributed by atoms with Crippen LogP contribution in [-0.2, 0) is 4.79 Å². The van der Waals surface area contributed by atoms with Gasteiger partial charge in [0.1, 0.15) is 0 Å². The van der Waals surface area contributed by atoms with E-state index >= 15 is 0 Å². The Morgan fingerprint density at radius 2 is 1.33 bits per heavy atom. The predicted molar refractivity (Wildman–Crippen MR) is 77.4 cm³/mol. The molecule has 2 heteroatoms. The lowest BCUT2D eigenvalue weighted by atomic mass is 9.66. The number of amides is 1. The fourth-order valence-electron chi connectivity index (χ4n) is 3.08. The summed E-state index contributed by atoms with van der Waals surface area (Å²) in [6.07, 6.45) is 0. The monoisotopic (exact) mass is 253 g/mol. The molecule has 0 spiro atoms. The van der Waals surface area contributed by atoms with Crippen LogP contribution in [0.1, 0.15) is 62.3 Å². The van der Waals surface area contributed by atoms with Crippen LogP contribution in [0.5, 0.6) is 0 Å². The molecule has 1 saturated heterocycles. The summed E-state index contributed by atoms with van der Waals surface area (Å²) >= 11 is 0. The molecule has 2 atom stereocenters. The molecule has 18 heavy (non-hydrogen) atoms. The predicted octanol–water partition coefficient (Wildman–Crippen LogP) is 3.95. The lowest BCUT2D eigenvalue weighted by molar-refractivity contribution is -0.138. The van der Waals surface area contributed by atoms with Gasteiger partial charge in [0.15, 0.2) is 0 Å². The average Bonchev–Trinajstić information content (AvgIpc) is 2.39. The molecule has 1 heterocycles. The molecule has 0 aliphatic carbocycles. The maximum atomic E-state index is 12.8. The van der Waals surface area contributed by atoms with Crippen LogP contribution in [0.15, 0.2) is 0 Å². The Kier molecular flexibility index (Phi) is 3.66. The van der Waals surface area contributed by atoms with Gasteiger partial charge in [-0.05, 0) is 37.5 Å². The van der Waals surface area contributed by atoms with Gasteiger partial charge in [0.25, 0.3) is 0 Å². The number of likely N-dealkylation sites (tertiary alicyclic amines) is 1. The minimum atomic E-state index is -0.0689. The molecule has 0 aromatic heterocycles. The highest BCUT2D eigenvalue weighted by atomic mass is 16.2. The zero-order valence-electron chi connectivity index (χ0n) is 13.7. The summed E-state index contributed by atoms with van der Waals surface area (Å²) in [7, 11) is 0. The van der Waals surface area contributed by atoms with Crippen molar-refractivity contribution in [3.8, 4) is 0 Å². The number of hydrogen-bond donors (Lipinski definition) is 0. The number of carbonyl (C=O) groups excluding carboxylic acids is 1. The second-order valence-corrected chi connectivity index (χ2v) is 8.94. The van der Waals surface area contributed by atoms with Gasteiger partial charge < -0.3 is 4.90 Å². The SMILES string of the molecule is CC(C)(C)C1CN(C(C)(C)C)C(=O)C1C(C)(C)C. The van der Waals surface area contributed by atoms with Gasteiger partial charge in [-0.1, -0.05) is 41.5 Å². The van der Waals surface area contributed by atoms with Crippen LogP contribution in [-0.4, -0.2) is 22.9 Å². The topological polar surface area (TPSA) is 20.3 Å². The van der Waals surface area contributed by atoms with Crippen molar-refractivity contribution in [2.24, 2.45) is 22.7 Å². The van der Waals surface area contributed by atoms with E-state index < -0.39 is 0 Å². The van der Waals surface area contributed by atoms with Crippen molar-refractivity contribution in [3.05, 3.63) is 0 Å². The molecule has 1 aliphatic rings. The Balaban J connectivity index is 3.17. The summed E-state index contributed by atoms with van der Waals surface area (Å²) < 4.78 is 0. The van der Waals surface area contributed by atoms with Gasteiger partial charge >= 0.3 is 0 Å². The molecule has 1 amide bonds. The second kappa shape index (κ2) is 4.25. The number of carbonyl (C=O) groups is 1. The molecule has 106 valence electrons. The van der Waals surface area contributed by atoms with Crippen LogP contribution in [0.3, 0.4) is 0 Å². The van der Waals surface area contributed by atoms with E-state index in [1.165, 1.54) is 0 Å². The van der Waals surface area contributed by atoms with Gasteiger partial charge in [0.2, 0.25) is 5.91 Å². The van der Waals surface area contributed by atoms with Crippen LogP contribution in [0, 0.1) is 22.7 Å². The highest BCUT2D eigenvalue weighted by Crippen LogP contribution is 2.48. The first-order valence-electron chi connectivity index (χ1n) is 7.08. The molecule has 1 rings (SSSR count). The van der Waals surface area contributed by atoms with Crippen LogP contribution < -0.4 is 0 Å². The second-order valence-electron chi connectivity index (χ2n) is 8.94. The molecule has 0 bridgehead atoms. The first-order valence-corrected chi connectivity index (χ1v) is 7.08. The van der Waals surface area contributed by atoms with Gasteiger partial charge in [-0.25, -0.2) is 0 Å². The molecule has 0 saturated carbocycles. The van der Waals surface area contributed by atoms with E-state index in [2.05, 4.69) is 67.2 Å². The summed E-state index contributed by atoms with van der Waals surface area (Å²) in [5.74, 6) is 0.913. The van der Waals surface area contributed by atoms with Gasteiger partial charge in [0, 0.05) is 18.0 Å². The van der Waals surface area contributed by atoms with Crippen molar-refractivity contribution in [1.82, 2.24) is 4.90 Å². The van der Waals surface area contributed by atoms with Gasteiger partial charge in [0.05, 0.1) is 0 Å². The minimum Gasteiger partial charge on any atom is -0.337 e. The Morgan fingerprint density at radius 1 is 0.889 bits per heavy atom. The lowest BCUT2D eigenvalue weighted by Crippen LogP contribution is -2.44. The average molecular weight is 253 g/mol. The lowest BCUT2D eigenvalue weighted by Gasteiger charge is -2.36. The maximum absolute atomic E-state index is 12.8. The highest BCUT2D eigenvalue weighted by molar-refractivity contribution is 5.83. The fraction of sp³-hybridized carbons (Fsp3) is 0.938. The molecular formula is C16H31NO. The number of nitrogens with zero attached hydrogens (tertiary/aromatic N) is 1. The Bertz CT molecular complexity index is 324. The van der Waals surface area contributed by atoms with E-state index in [4.69, 9.17) is 0 Å². The van der Waals surface area contributed by atoms with Crippen LogP contribution in [0.25, 0.3) is 0 Å². The standard InChI is InChI=1S/C16H31NO/c1-14(2,3)11-10-17(16(7,8)9)13(18)12(11)15(4,5)6/h11-12H,10H2,1-9H3. The van der Waals surface area contributed by atoms with E-state index in [1.807, 2.05) is 0 Å². The maximum Gasteiger partial charge on any atom is 0.227 e. The van der Waals surface area contributed by atoms with Crippen molar-refractivity contribution in [3.63, 3.8) is 0 Å². The Morgan fingerprint density at radius 3 is 1.56 bits per heavy atom. The fourth-order valence-corrected chi connectivity index (χ4v) is 3.08. The zero-order chi connectivity index (χ0) is 14.5. The molecule has 0 radical (unpaired) electrons. The Labute approximate surface area is 113 Å². The summed E-state index contributed by atoms with van der Waals surface area (Å²) in [4.78, 5) is 14.9. The number of rotatable bonds is 0. The highest BCUT2D eigenvalue weighted by Gasteiger charge is 2.52.